The molecule has 1 aliphatic heterocycles. The number of hydrazone groups is 1. The summed E-state index contributed by atoms with van der Waals surface area (Å²) in [6.07, 6.45) is 5.43. The number of urea groups is 1. The third-order valence-electron chi connectivity index (χ3n) is 6.67. The van der Waals surface area contributed by atoms with E-state index in [9.17, 15) is 14.4 Å². The van der Waals surface area contributed by atoms with Crippen LogP contribution in [0.2, 0.25) is 0 Å². The van der Waals surface area contributed by atoms with Crippen LogP contribution in [0.3, 0.4) is 0 Å². The van der Waals surface area contributed by atoms with Crippen LogP contribution in [0, 0.1) is 5.92 Å². The summed E-state index contributed by atoms with van der Waals surface area (Å²) in [5.41, 5.74) is 3.31. The van der Waals surface area contributed by atoms with Crippen molar-refractivity contribution < 1.29 is 23.9 Å². The molecule has 37 heavy (non-hydrogen) atoms. The van der Waals surface area contributed by atoms with Crippen molar-refractivity contribution in [3.8, 4) is 0 Å². The van der Waals surface area contributed by atoms with Crippen molar-refractivity contribution in [3.05, 3.63) is 59.7 Å². The van der Waals surface area contributed by atoms with Crippen molar-refractivity contribution in [1.82, 2.24) is 5.01 Å². The molecule has 196 valence electrons. The molecule has 1 N–H and O–H groups in total. The molecule has 9 heteroatoms. The summed E-state index contributed by atoms with van der Waals surface area (Å²) < 4.78 is 10.3. The average Bonchev–Trinajstić information content (AvgIpc) is 3.04. The number of esters is 1. The summed E-state index contributed by atoms with van der Waals surface area (Å²) in [6.45, 7) is 2.90. The Bertz CT molecular complexity index is 1160. The molecule has 0 saturated heterocycles. The maximum Gasteiger partial charge on any atom is 0.345 e. The van der Waals surface area contributed by atoms with Gasteiger partial charge in [0.25, 0.3) is 0 Å². The second kappa shape index (κ2) is 12.5. The van der Waals surface area contributed by atoms with Gasteiger partial charge in [0.1, 0.15) is 6.54 Å². The Morgan fingerprint density at radius 1 is 1.08 bits per heavy atom. The number of rotatable bonds is 9. The van der Waals surface area contributed by atoms with Gasteiger partial charge in [-0.15, -0.1) is 0 Å². The first-order chi connectivity index (χ1) is 18.0. The van der Waals surface area contributed by atoms with E-state index in [2.05, 4.69) is 5.32 Å². The van der Waals surface area contributed by atoms with E-state index in [1.54, 1.807) is 23.1 Å². The third kappa shape index (κ3) is 6.35. The molecule has 0 aromatic heterocycles. The SMILES string of the molecule is CCOCCN1C(=O)N(CC(=O)Nc2cccc(C(=O)OC)c2)N=C(C2CCCCC2)c2ccccc21. The van der Waals surface area contributed by atoms with Gasteiger partial charge in [-0.3, -0.25) is 9.69 Å². The van der Waals surface area contributed by atoms with Crippen LogP contribution in [0.1, 0.15) is 54.9 Å². The number of hydrogen-bond donors (Lipinski definition) is 1. The van der Waals surface area contributed by atoms with Crippen LogP contribution in [0.15, 0.2) is 53.6 Å². The number of carbonyl (C=O) groups excluding carboxylic acids is 3. The first-order valence-corrected chi connectivity index (χ1v) is 12.8. The van der Waals surface area contributed by atoms with Gasteiger partial charge in [0.15, 0.2) is 0 Å². The van der Waals surface area contributed by atoms with Crippen LogP contribution >= 0.6 is 0 Å². The number of nitrogens with zero attached hydrogens (tertiary/aromatic N) is 3. The Morgan fingerprint density at radius 3 is 2.62 bits per heavy atom. The molecule has 1 aliphatic carbocycles. The summed E-state index contributed by atoms with van der Waals surface area (Å²) in [7, 11) is 1.30. The van der Waals surface area contributed by atoms with E-state index < -0.39 is 11.9 Å². The molecular weight excluding hydrogens is 472 g/mol. The number of fused-ring (bicyclic) bond motifs is 1. The molecule has 0 atom stereocenters. The second-order valence-electron chi connectivity index (χ2n) is 9.15. The number of nitrogens with one attached hydrogen (secondary N) is 1. The summed E-state index contributed by atoms with van der Waals surface area (Å²) in [5.74, 6) is -0.696. The summed E-state index contributed by atoms with van der Waals surface area (Å²) in [5, 5.41) is 8.86. The molecule has 3 amide bonds. The van der Waals surface area contributed by atoms with E-state index >= 15 is 0 Å². The van der Waals surface area contributed by atoms with Crippen LogP contribution in [0.25, 0.3) is 0 Å². The Balaban J connectivity index is 1.63. The average molecular weight is 507 g/mol. The molecule has 1 saturated carbocycles. The van der Waals surface area contributed by atoms with Crippen LogP contribution in [0.4, 0.5) is 16.2 Å². The molecule has 0 unspecified atom stereocenters. The van der Waals surface area contributed by atoms with Crippen LogP contribution in [-0.2, 0) is 14.3 Å². The number of benzene rings is 2. The standard InChI is InChI=1S/C28H34N4O5/c1-3-37-17-16-31-24-15-8-7-14-23(24)26(20-10-5-4-6-11-20)30-32(28(31)35)19-25(33)29-22-13-9-12-21(18-22)27(34)36-2/h7-9,12-15,18,20H,3-6,10-11,16-17,19H2,1-2H3,(H,29,33). The normalized spacial score (nSPS) is 16.1. The Morgan fingerprint density at radius 2 is 1.86 bits per heavy atom. The van der Waals surface area contributed by atoms with Crippen LogP contribution in [-0.4, -0.2) is 62.0 Å². The highest BCUT2D eigenvalue weighted by Gasteiger charge is 2.33. The number of ether oxygens (including phenoxy) is 2. The Kier molecular flexibility index (Phi) is 8.90. The lowest BCUT2D eigenvalue weighted by molar-refractivity contribution is -0.116. The summed E-state index contributed by atoms with van der Waals surface area (Å²) in [6, 6.07) is 13.9. The molecule has 2 aliphatic rings. The van der Waals surface area contributed by atoms with Crippen molar-refractivity contribution in [2.75, 3.05) is 43.6 Å². The van der Waals surface area contributed by atoms with E-state index in [4.69, 9.17) is 14.6 Å². The molecule has 1 fully saturated rings. The highest BCUT2D eigenvalue weighted by atomic mass is 16.5. The van der Waals surface area contributed by atoms with E-state index in [0.29, 0.717) is 31.0 Å². The number of anilines is 2. The minimum absolute atomic E-state index is 0.219. The fraction of sp³-hybridized carbons (Fsp3) is 0.429. The first-order valence-electron chi connectivity index (χ1n) is 12.8. The van der Waals surface area contributed by atoms with Crippen molar-refractivity contribution in [2.45, 2.75) is 39.0 Å². The minimum atomic E-state index is -0.497. The van der Waals surface area contributed by atoms with E-state index in [1.165, 1.54) is 24.6 Å². The summed E-state index contributed by atoms with van der Waals surface area (Å²) in [4.78, 5) is 40.3. The fourth-order valence-corrected chi connectivity index (χ4v) is 4.87. The van der Waals surface area contributed by atoms with Gasteiger partial charge in [0.05, 0.1) is 37.2 Å². The van der Waals surface area contributed by atoms with Gasteiger partial charge in [0, 0.05) is 23.8 Å². The van der Waals surface area contributed by atoms with Crippen molar-refractivity contribution in [1.29, 1.82) is 0 Å². The predicted molar refractivity (Wildman–Crippen MR) is 142 cm³/mol. The summed E-state index contributed by atoms with van der Waals surface area (Å²) >= 11 is 0. The monoisotopic (exact) mass is 506 g/mol. The molecule has 0 bridgehead atoms. The second-order valence-corrected chi connectivity index (χ2v) is 9.15. The number of para-hydroxylation sites is 1. The van der Waals surface area contributed by atoms with Gasteiger partial charge in [-0.25, -0.2) is 14.6 Å². The van der Waals surface area contributed by atoms with Crippen molar-refractivity contribution >= 4 is 35.0 Å². The van der Waals surface area contributed by atoms with E-state index in [-0.39, 0.29) is 18.5 Å². The molecule has 9 nitrogen and oxygen atoms in total. The largest absolute Gasteiger partial charge is 0.465 e. The van der Waals surface area contributed by atoms with Gasteiger partial charge in [-0.05, 0) is 44.0 Å². The van der Waals surface area contributed by atoms with Crippen molar-refractivity contribution in [2.24, 2.45) is 11.0 Å². The number of amides is 3. The molecule has 1 heterocycles. The predicted octanol–water partition coefficient (Wildman–Crippen LogP) is 4.67. The zero-order valence-corrected chi connectivity index (χ0v) is 21.4. The van der Waals surface area contributed by atoms with Crippen LogP contribution in [0.5, 0.6) is 0 Å². The fourth-order valence-electron chi connectivity index (χ4n) is 4.87. The van der Waals surface area contributed by atoms with Gasteiger partial charge >= 0.3 is 12.0 Å². The zero-order chi connectivity index (χ0) is 26.2. The van der Waals surface area contributed by atoms with E-state index in [1.807, 2.05) is 31.2 Å². The lowest BCUT2D eigenvalue weighted by atomic mass is 9.83. The minimum Gasteiger partial charge on any atom is -0.465 e. The van der Waals surface area contributed by atoms with Gasteiger partial charge in [-0.2, -0.15) is 5.10 Å². The third-order valence-corrected chi connectivity index (χ3v) is 6.67. The molecule has 0 spiro atoms. The van der Waals surface area contributed by atoms with Crippen LogP contribution < -0.4 is 10.2 Å². The molecule has 2 aromatic rings. The number of methoxy groups -OCH3 is 1. The maximum atomic E-state index is 13.7. The smallest absolute Gasteiger partial charge is 0.345 e. The van der Waals surface area contributed by atoms with E-state index in [0.717, 1.165) is 42.6 Å². The van der Waals surface area contributed by atoms with Gasteiger partial charge < -0.3 is 14.8 Å². The lowest BCUT2D eigenvalue weighted by Crippen LogP contribution is -2.44. The van der Waals surface area contributed by atoms with Gasteiger partial charge in [-0.1, -0.05) is 43.5 Å². The van der Waals surface area contributed by atoms with Gasteiger partial charge in [0.2, 0.25) is 5.91 Å². The van der Waals surface area contributed by atoms with Crippen molar-refractivity contribution in [3.63, 3.8) is 0 Å². The number of carbonyl (C=O) groups is 3. The Hall–Kier alpha value is -3.72. The quantitative estimate of drug-likeness (QED) is 0.393. The molecule has 4 rings (SSSR count). The lowest BCUT2D eigenvalue weighted by Gasteiger charge is -2.26. The zero-order valence-electron chi connectivity index (χ0n) is 21.4. The number of hydrogen-bond acceptors (Lipinski definition) is 6. The molecule has 2 aromatic carbocycles. The molecular formula is C28H34N4O5. The molecule has 0 radical (unpaired) electrons. The Labute approximate surface area is 217 Å². The highest BCUT2D eigenvalue weighted by Crippen LogP contribution is 2.34. The maximum absolute atomic E-state index is 13.7. The first kappa shape index (κ1) is 26.3. The topological polar surface area (TPSA) is 101 Å². The highest BCUT2D eigenvalue weighted by molar-refractivity contribution is 6.12.